The summed E-state index contributed by atoms with van der Waals surface area (Å²) in [6.07, 6.45) is 0. The zero-order valence-corrected chi connectivity index (χ0v) is 10.7. The lowest BCUT2D eigenvalue weighted by Crippen LogP contribution is -2.28. The zero-order valence-electron chi connectivity index (χ0n) is 9.92. The van der Waals surface area contributed by atoms with Gasteiger partial charge in [-0.15, -0.1) is 0 Å². The molecule has 0 aliphatic heterocycles. The summed E-state index contributed by atoms with van der Waals surface area (Å²) in [5.41, 5.74) is 1.29. The first-order chi connectivity index (χ1) is 9.20. The molecule has 0 aliphatic carbocycles. The maximum absolute atomic E-state index is 11.9. The molecular weight excluding hydrogens is 262 g/mol. The van der Waals surface area contributed by atoms with Gasteiger partial charge in [0.1, 0.15) is 5.92 Å². The van der Waals surface area contributed by atoms with E-state index in [-0.39, 0.29) is 17.3 Å². The van der Waals surface area contributed by atoms with E-state index in [4.69, 9.17) is 5.26 Å². The number of amides is 1. The first-order valence-electron chi connectivity index (χ1n) is 5.59. The Hall–Kier alpha value is -2.39. The second-order valence-corrected chi connectivity index (χ2v) is 4.71. The molecule has 0 fully saturated rings. The van der Waals surface area contributed by atoms with Gasteiger partial charge < -0.3 is 10.3 Å². The molecule has 1 atom stereocenters. The van der Waals surface area contributed by atoms with Crippen LogP contribution in [0.25, 0.3) is 0 Å². The van der Waals surface area contributed by atoms with Crippen molar-refractivity contribution in [1.29, 1.82) is 5.26 Å². The molecule has 1 heterocycles. The van der Waals surface area contributed by atoms with Crippen LogP contribution in [0.1, 0.15) is 17.2 Å². The van der Waals surface area contributed by atoms with Crippen LogP contribution in [0.2, 0.25) is 0 Å². The third-order valence-electron chi connectivity index (χ3n) is 2.55. The zero-order chi connectivity index (χ0) is 13.7. The number of aromatic amines is 1. The fraction of sp³-hybridized carbons (Fsp3) is 0.154. The lowest BCUT2D eigenvalue weighted by atomic mass is 10.00. The SMILES string of the molecule is N#CC(C(=O)NCc1csc(=O)[nH]1)c1ccccc1. The number of thiazole rings is 1. The predicted molar refractivity (Wildman–Crippen MR) is 71.6 cm³/mol. The van der Waals surface area contributed by atoms with Crippen LogP contribution in [0.4, 0.5) is 0 Å². The number of H-pyrrole nitrogens is 1. The van der Waals surface area contributed by atoms with Gasteiger partial charge in [-0.3, -0.25) is 9.59 Å². The van der Waals surface area contributed by atoms with Gasteiger partial charge in [0.05, 0.1) is 12.6 Å². The molecule has 0 saturated heterocycles. The average Bonchev–Trinajstić information content (AvgIpc) is 2.84. The topological polar surface area (TPSA) is 85.8 Å². The summed E-state index contributed by atoms with van der Waals surface area (Å²) in [5.74, 6) is -1.22. The third-order valence-corrected chi connectivity index (χ3v) is 3.27. The van der Waals surface area contributed by atoms with Gasteiger partial charge in [0.25, 0.3) is 0 Å². The highest BCUT2D eigenvalue weighted by atomic mass is 32.1. The van der Waals surface area contributed by atoms with Crippen LogP contribution in [-0.4, -0.2) is 10.9 Å². The minimum atomic E-state index is -0.841. The Morgan fingerprint density at radius 3 is 2.74 bits per heavy atom. The number of nitrogens with one attached hydrogen (secondary N) is 2. The summed E-state index contributed by atoms with van der Waals surface area (Å²) in [7, 11) is 0. The van der Waals surface area contributed by atoms with E-state index < -0.39 is 5.92 Å². The summed E-state index contributed by atoms with van der Waals surface area (Å²) >= 11 is 1.04. The van der Waals surface area contributed by atoms with E-state index in [2.05, 4.69) is 10.3 Å². The van der Waals surface area contributed by atoms with Crippen molar-refractivity contribution in [2.24, 2.45) is 0 Å². The number of aromatic nitrogens is 1. The number of nitriles is 1. The second kappa shape index (κ2) is 5.98. The van der Waals surface area contributed by atoms with Crippen molar-refractivity contribution in [3.05, 3.63) is 56.6 Å². The molecule has 19 heavy (non-hydrogen) atoms. The Morgan fingerprint density at radius 2 is 2.16 bits per heavy atom. The molecule has 6 heteroatoms. The molecule has 96 valence electrons. The summed E-state index contributed by atoms with van der Waals surface area (Å²) in [6.45, 7) is 0.211. The third kappa shape index (κ3) is 3.30. The van der Waals surface area contributed by atoms with Gasteiger partial charge in [-0.1, -0.05) is 41.7 Å². The summed E-state index contributed by atoms with van der Waals surface area (Å²) in [4.78, 5) is 25.3. The molecule has 2 aromatic rings. The molecule has 0 aliphatic rings. The fourth-order valence-corrected chi connectivity index (χ4v) is 2.20. The molecule has 0 spiro atoms. The van der Waals surface area contributed by atoms with Gasteiger partial charge in [-0.05, 0) is 5.56 Å². The molecular formula is C13H11N3O2S. The van der Waals surface area contributed by atoms with Gasteiger partial charge in [0.15, 0.2) is 0 Å². The van der Waals surface area contributed by atoms with Crippen LogP contribution in [0.3, 0.4) is 0 Å². The van der Waals surface area contributed by atoms with Crippen molar-refractivity contribution in [3.63, 3.8) is 0 Å². The Balaban J connectivity index is 2.02. The van der Waals surface area contributed by atoms with Crippen molar-refractivity contribution in [2.75, 3.05) is 0 Å². The molecule has 2 rings (SSSR count). The van der Waals surface area contributed by atoms with Crippen LogP contribution in [0, 0.1) is 11.3 Å². The minimum absolute atomic E-state index is 0.163. The van der Waals surface area contributed by atoms with Gasteiger partial charge >= 0.3 is 4.87 Å². The average molecular weight is 273 g/mol. The molecule has 1 aromatic heterocycles. The van der Waals surface area contributed by atoms with Crippen LogP contribution >= 0.6 is 11.3 Å². The van der Waals surface area contributed by atoms with E-state index in [1.54, 1.807) is 29.6 Å². The Kier molecular flexibility index (Phi) is 4.11. The Labute approximate surface area is 113 Å². The molecule has 0 radical (unpaired) electrons. The normalized spacial score (nSPS) is 11.5. The smallest absolute Gasteiger partial charge is 0.304 e. The van der Waals surface area contributed by atoms with Gasteiger partial charge in [0, 0.05) is 11.1 Å². The molecule has 2 N–H and O–H groups in total. The van der Waals surface area contributed by atoms with Crippen LogP contribution in [0.5, 0.6) is 0 Å². The molecule has 5 nitrogen and oxygen atoms in total. The lowest BCUT2D eigenvalue weighted by Gasteiger charge is -2.09. The number of hydrogen-bond acceptors (Lipinski definition) is 4. The molecule has 1 aromatic carbocycles. The van der Waals surface area contributed by atoms with Crippen molar-refractivity contribution < 1.29 is 4.79 Å². The maximum atomic E-state index is 11.9. The molecule has 1 amide bonds. The molecule has 1 unspecified atom stereocenters. The number of carbonyl (C=O) groups excluding carboxylic acids is 1. The Bertz CT molecular complexity index is 654. The summed E-state index contributed by atoms with van der Waals surface area (Å²) in [5, 5.41) is 13.4. The molecule has 0 saturated carbocycles. The van der Waals surface area contributed by atoms with Crippen LogP contribution in [0.15, 0.2) is 40.5 Å². The quantitative estimate of drug-likeness (QED) is 0.882. The van der Waals surface area contributed by atoms with Gasteiger partial charge in [0.2, 0.25) is 5.91 Å². The number of hydrogen-bond donors (Lipinski definition) is 2. The Morgan fingerprint density at radius 1 is 1.42 bits per heavy atom. The van der Waals surface area contributed by atoms with E-state index in [0.717, 1.165) is 11.3 Å². The second-order valence-electron chi connectivity index (χ2n) is 3.86. The number of nitrogens with zero attached hydrogens (tertiary/aromatic N) is 1. The van der Waals surface area contributed by atoms with E-state index in [9.17, 15) is 9.59 Å². The van der Waals surface area contributed by atoms with Crippen molar-refractivity contribution in [2.45, 2.75) is 12.5 Å². The largest absolute Gasteiger partial charge is 0.349 e. The van der Waals surface area contributed by atoms with Crippen LogP contribution < -0.4 is 10.2 Å². The number of benzene rings is 1. The van der Waals surface area contributed by atoms with Gasteiger partial charge in [-0.25, -0.2) is 0 Å². The van der Waals surface area contributed by atoms with Crippen molar-refractivity contribution in [3.8, 4) is 6.07 Å². The molecule has 0 bridgehead atoms. The highest BCUT2D eigenvalue weighted by Gasteiger charge is 2.19. The first-order valence-corrected chi connectivity index (χ1v) is 6.47. The highest BCUT2D eigenvalue weighted by molar-refractivity contribution is 7.07. The summed E-state index contributed by atoms with van der Waals surface area (Å²) in [6, 6.07) is 10.8. The van der Waals surface area contributed by atoms with E-state index >= 15 is 0 Å². The number of carbonyl (C=O) groups is 1. The lowest BCUT2D eigenvalue weighted by molar-refractivity contribution is -0.121. The van der Waals surface area contributed by atoms with E-state index in [1.807, 2.05) is 12.1 Å². The van der Waals surface area contributed by atoms with E-state index in [0.29, 0.717) is 11.3 Å². The first kappa shape index (κ1) is 13.1. The fourth-order valence-electron chi connectivity index (χ4n) is 1.61. The minimum Gasteiger partial charge on any atom is -0.349 e. The standard InChI is InChI=1S/C13H11N3O2S/c14-6-11(9-4-2-1-3-5-9)12(17)15-7-10-8-19-13(18)16-10/h1-5,8,11H,7H2,(H,15,17)(H,16,18). The highest BCUT2D eigenvalue weighted by Crippen LogP contribution is 2.14. The van der Waals surface area contributed by atoms with Crippen molar-refractivity contribution in [1.82, 2.24) is 10.3 Å². The summed E-state index contributed by atoms with van der Waals surface area (Å²) < 4.78 is 0. The van der Waals surface area contributed by atoms with E-state index in [1.165, 1.54) is 0 Å². The monoisotopic (exact) mass is 273 g/mol. The maximum Gasteiger partial charge on any atom is 0.304 e. The van der Waals surface area contributed by atoms with Gasteiger partial charge in [-0.2, -0.15) is 5.26 Å². The number of rotatable bonds is 4. The predicted octanol–water partition coefficient (Wildman–Crippen LogP) is 1.36. The van der Waals surface area contributed by atoms with Crippen molar-refractivity contribution >= 4 is 17.2 Å². The van der Waals surface area contributed by atoms with Crippen LogP contribution in [-0.2, 0) is 11.3 Å².